The molecule has 0 amide bonds. The molecule has 0 aromatic heterocycles. The molecule has 0 aromatic rings. The van der Waals surface area contributed by atoms with Crippen LogP contribution in [0.4, 0.5) is 0 Å². The number of hydrogen-bond acceptors (Lipinski definition) is 1. The maximum Gasteiger partial charge on any atom is 0.0433 e. The van der Waals surface area contributed by atoms with Crippen molar-refractivity contribution in [2.24, 2.45) is 5.92 Å². The molecule has 0 saturated heterocycles. The van der Waals surface area contributed by atoms with Crippen LogP contribution in [0.25, 0.3) is 0 Å². The third-order valence-electron chi connectivity index (χ3n) is 2.28. The Kier molecular flexibility index (Phi) is 8.57. The molecule has 1 unspecified atom stereocenters. The zero-order chi connectivity index (χ0) is 9.23. The minimum Gasteiger partial charge on any atom is -0.396 e. The molecule has 0 fully saturated rings. The van der Waals surface area contributed by atoms with Crippen LogP contribution in [-0.2, 0) is 0 Å². The molecule has 1 nitrogen and oxygen atoms in total. The third kappa shape index (κ3) is 6.41. The Hall–Kier alpha value is -0.300. The maximum absolute atomic E-state index is 8.81. The zero-order valence-corrected chi connectivity index (χ0v) is 8.26. The standard InChI is InChI=1S/C11H22O/c1-3-5-7-11(9-10-12)8-6-4-2/h3,11-12H,1,4-10H2,2H3. The number of allylic oxidation sites excluding steroid dienone is 1. The Morgan fingerprint density at radius 3 is 2.58 bits per heavy atom. The fraction of sp³-hybridized carbons (Fsp3) is 0.818. The predicted molar refractivity (Wildman–Crippen MR) is 54.1 cm³/mol. The van der Waals surface area contributed by atoms with Crippen molar-refractivity contribution in [3.63, 3.8) is 0 Å². The van der Waals surface area contributed by atoms with Crippen molar-refractivity contribution in [1.82, 2.24) is 0 Å². The van der Waals surface area contributed by atoms with Crippen LogP contribution in [0.3, 0.4) is 0 Å². The molecule has 0 saturated carbocycles. The number of aliphatic hydroxyl groups is 1. The van der Waals surface area contributed by atoms with E-state index in [0.717, 1.165) is 12.8 Å². The molecule has 0 aliphatic rings. The summed E-state index contributed by atoms with van der Waals surface area (Å²) in [6, 6.07) is 0. The van der Waals surface area contributed by atoms with E-state index in [0.29, 0.717) is 12.5 Å². The van der Waals surface area contributed by atoms with Crippen LogP contribution in [0, 0.1) is 5.92 Å². The van der Waals surface area contributed by atoms with E-state index in [9.17, 15) is 0 Å². The Labute approximate surface area is 76.5 Å². The van der Waals surface area contributed by atoms with Gasteiger partial charge in [-0.25, -0.2) is 0 Å². The largest absolute Gasteiger partial charge is 0.396 e. The van der Waals surface area contributed by atoms with Crippen molar-refractivity contribution in [2.75, 3.05) is 6.61 Å². The van der Waals surface area contributed by atoms with Crippen LogP contribution in [0.2, 0.25) is 0 Å². The summed E-state index contributed by atoms with van der Waals surface area (Å²) in [7, 11) is 0. The molecular formula is C11H22O. The second-order valence-corrected chi connectivity index (χ2v) is 3.39. The van der Waals surface area contributed by atoms with E-state index in [2.05, 4.69) is 13.5 Å². The first-order valence-corrected chi connectivity index (χ1v) is 5.06. The lowest BCUT2D eigenvalue weighted by atomic mass is 9.94. The van der Waals surface area contributed by atoms with Gasteiger partial charge in [-0.3, -0.25) is 0 Å². The summed E-state index contributed by atoms with van der Waals surface area (Å²) in [5.74, 6) is 0.716. The summed E-state index contributed by atoms with van der Waals surface area (Å²) in [5, 5.41) is 8.81. The molecule has 1 heteroatoms. The SMILES string of the molecule is C=CCCC(CCO)CCCC. The fourth-order valence-corrected chi connectivity index (χ4v) is 1.46. The van der Waals surface area contributed by atoms with E-state index in [1.54, 1.807) is 0 Å². The van der Waals surface area contributed by atoms with Crippen LogP contribution in [-0.4, -0.2) is 11.7 Å². The van der Waals surface area contributed by atoms with E-state index >= 15 is 0 Å². The molecule has 0 aromatic carbocycles. The highest BCUT2D eigenvalue weighted by Gasteiger charge is 2.05. The molecule has 0 rings (SSSR count). The first-order chi connectivity index (χ1) is 5.85. The fourth-order valence-electron chi connectivity index (χ4n) is 1.46. The molecule has 12 heavy (non-hydrogen) atoms. The van der Waals surface area contributed by atoms with Gasteiger partial charge in [0.05, 0.1) is 0 Å². The third-order valence-corrected chi connectivity index (χ3v) is 2.28. The van der Waals surface area contributed by atoms with Crippen molar-refractivity contribution in [3.05, 3.63) is 12.7 Å². The average Bonchev–Trinajstić information content (AvgIpc) is 2.10. The Bertz CT molecular complexity index is 99.2. The molecule has 1 atom stereocenters. The van der Waals surface area contributed by atoms with Gasteiger partial charge in [-0.05, 0) is 25.2 Å². The molecule has 0 aliphatic carbocycles. The van der Waals surface area contributed by atoms with Gasteiger partial charge >= 0.3 is 0 Å². The molecule has 0 spiro atoms. The quantitative estimate of drug-likeness (QED) is 0.555. The van der Waals surface area contributed by atoms with Gasteiger partial charge in [0.15, 0.2) is 0 Å². The smallest absolute Gasteiger partial charge is 0.0433 e. The summed E-state index contributed by atoms with van der Waals surface area (Å²) in [4.78, 5) is 0. The summed E-state index contributed by atoms with van der Waals surface area (Å²) < 4.78 is 0. The van der Waals surface area contributed by atoms with E-state index < -0.39 is 0 Å². The van der Waals surface area contributed by atoms with E-state index in [1.807, 2.05) is 6.08 Å². The number of aliphatic hydroxyl groups excluding tert-OH is 1. The van der Waals surface area contributed by atoms with E-state index in [4.69, 9.17) is 5.11 Å². The van der Waals surface area contributed by atoms with E-state index in [-0.39, 0.29) is 0 Å². The highest BCUT2D eigenvalue weighted by molar-refractivity contribution is 4.69. The first-order valence-electron chi connectivity index (χ1n) is 5.06. The highest BCUT2D eigenvalue weighted by atomic mass is 16.3. The maximum atomic E-state index is 8.81. The van der Waals surface area contributed by atoms with Gasteiger partial charge in [0.2, 0.25) is 0 Å². The van der Waals surface area contributed by atoms with Crippen molar-refractivity contribution in [1.29, 1.82) is 0 Å². The molecule has 0 aliphatic heterocycles. The summed E-state index contributed by atoms with van der Waals surface area (Å²) >= 11 is 0. The molecule has 72 valence electrons. The predicted octanol–water partition coefficient (Wildman–Crippen LogP) is 3.14. The van der Waals surface area contributed by atoms with Gasteiger partial charge in [0, 0.05) is 6.61 Å². The lowest BCUT2D eigenvalue weighted by Gasteiger charge is -2.13. The first kappa shape index (κ1) is 11.7. The van der Waals surface area contributed by atoms with Gasteiger partial charge in [-0.1, -0.05) is 32.3 Å². The molecular weight excluding hydrogens is 148 g/mol. The average molecular weight is 170 g/mol. The van der Waals surface area contributed by atoms with Crippen LogP contribution < -0.4 is 0 Å². The molecule has 0 heterocycles. The van der Waals surface area contributed by atoms with Gasteiger partial charge in [0.1, 0.15) is 0 Å². The monoisotopic (exact) mass is 170 g/mol. The lowest BCUT2D eigenvalue weighted by molar-refractivity contribution is 0.245. The van der Waals surface area contributed by atoms with Crippen LogP contribution >= 0.6 is 0 Å². The Morgan fingerprint density at radius 1 is 1.33 bits per heavy atom. The molecule has 0 bridgehead atoms. The lowest BCUT2D eigenvalue weighted by Crippen LogP contribution is -2.02. The molecule has 0 radical (unpaired) electrons. The number of hydrogen-bond donors (Lipinski definition) is 1. The van der Waals surface area contributed by atoms with Crippen LogP contribution in [0.5, 0.6) is 0 Å². The van der Waals surface area contributed by atoms with Crippen molar-refractivity contribution in [3.8, 4) is 0 Å². The summed E-state index contributed by atoms with van der Waals surface area (Å²) in [6.07, 6.45) is 9.05. The second kappa shape index (κ2) is 8.79. The minimum atomic E-state index is 0.339. The summed E-state index contributed by atoms with van der Waals surface area (Å²) in [6.45, 7) is 6.26. The van der Waals surface area contributed by atoms with Gasteiger partial charge in [-0.2, -0.15) is 0 Å². The minimum absolute atomic E-state index is 0.339. The van der Waals surface area contributed by atoms with Crippen molar-refractivity contribution in [2.45, 2.75) is 45.4 Å². The van der Waals surface area contributed by atoms with Crippen molar-refractivity contribution >= 4 is 0 Å². The summed E-state index contributed by atoms with van der Waals surface area (Å²) in [5.41, 5.74) is 0. The van der Waals surface area contributed by atoms with Gasteiger partial charge in [-0.15, -0.1) is 6.58 Å². The Morgan fingerprint density at radius 2 is 2.08 bits per heavy atom. The van der Waals surface area contributed by atoms with E-state index in [1.165, 1.54) is 25.7 Å². The van der Waals surface area contributed by atoms with Crippen molar-refractivity contribution < 1.29 is 5.11 Å². The van der Waals surface area contributed by atoms with Crippen LogP contribution in [0.1, 0.15) is 45.4 Å². The van der Waals surface area contributed by atoms with Gasteiger partial charge < -0.3 is 5.11 Å². The number of rotatable bonds is 8. The second-order valence-electron chi connectivity index (χ2n) is 3.39. The Balaban J connectivity index is 3.46. The highest BCUT2D eigenvalue weighted by Crippen LogP contribution is 2.18. The topological polar surface area (TPSA) is 20.2 Å². The van der Waals surface area contributed by atoms with Crippen LogP contribution in [0.15, 0.2) is 12.7 Å². The van der Waals surface area contributed by atoms with Gasteiger partial charge in [0.25, 0.3) is 0 Å². The molecule has 1 N–H and O–H groups in total. The zero-order valence-electron chi connectivity index (χ0n) is 8.26. The normalized spacial score (nSPS) is 12.8. The number of unbranched alkanes of at least 4 members (excludes halogenated alkanes) is 1.